The van der Waals surface area contributed by atoms with Crippen molar-refractivity contribution in [2.24, 2.45) is 0 Å². The second-order valence-corrected chi connectivity index (χ2v) is 6.40. The minimum Gasteiger partial charge on any atom is -0.368 e. The van der Waals surface area contributed by atoms with Crippen LogP contribution < -0.4 is 10.2 Å². The van der Waals surface area contributed by atoms with E-state index in [4.69, 9.17) is 0 Å². The molecular weight excluding hydrogens is 286 g/mol. The van der Waals surface area contributed by atoms with Gasteiger partial charge in [0.2, 0.25) is 0 Å². The van der Waals surface area contributed by atoms with Gasteiger partial charge >= 0.3 is 0 Å². The van der Waals surface area contributed by atoms with Crippen LogP contribution in [-0.2, 0) is 11.2 Å². The molecule has 1 atom stereocenters. The Bertz CT molecular complexity index is 488. The number of carbonyl (C=O) groups excluding carboxylic acids is 1. The number of nitrogens with one attached hydrogen (secondary N) is 1. The van der Waals surface area contributed by atoms with E-state index in [0.29, 0.717) is 6.04 Å². The number of aryl methyl sites for hydroxylation is 1. The number of piperazine rings is 1. The number of hydrogen-bond donors (Lipinski definition) is 1. The van der Waals surface area contributed by atoms with Gasteiger partial charge in [-0.3, -0.25) is 4.98 Å². The Morgan fingerprint density at radius 2 is 2.13 bits per heavy atom. The normalized spacial score (nSPS) is 17.4. The SMILES string of the molecule is CCCC(C)=O.CCCc1c(N2CCNC(C)C2)ccnc1C. The highest BCUT2D eigenvalue weighted by molar-refractivity contribution is 5.75. The molecule has 23 heavy (non-hydrogen) atoms. The Morgan fingerprint density at radius 1 is 1.39 bits per heavy atom. The van der Waals surface area contributed by atoms with Gasteiger partial charge in [0.1, 0.15) is 5.78 Å². The lowest BCUT2D eigenvalue weighted by molar-refractivity contribution is -0.117. The summed E-state index contributed by atoms with van der Waals surface area (Å²) in [5.41, 5.74) is 4.02. The van der Waals surface area contributed by atoms with Gasteiger partial charge < -0.3 is 15.0 Å². The molecule has 1 aromatic rings. The predicted molar refractivity (Wildman–Crippen MR) is 98.2 cm³/mol. The van der Waals surface area contributed by atoms with Crippen molar-refractivity contribution in [3.8, 4) is 0 Å². The summed E-state index contributed by atoms with van der Waals surface area (Å²) in [5, 5.41) is 3.49. The fraction of sp³-hybridized carbons (Fsp3) is 0.684. The summed E-state index contributed by atoms with van der Waals surface area (Å²) in [6.45, 7) is 13.5. The first-order valence-corrected chi connectivity index (χ1v) is 8.91. The summed E-state index contributed by atoms with van der Waals surface area (Å²) in [6, 6.07) is 2.75. The molecule has 1 aliphatic heterocycles. The third-order valence-electron chi connectivity index (χ3n) is 4.06. The fourth-order valence-corrected chi connectivity index (χ4v) is 2.94. The van der Waals surface area contributed by atoms with E-state index in [0.717, 1.165) is 38.9 Å². The molecule has 4 nitrogen and oxygen atoms in total. The number of aromatic nitrogens is 1. The van der Waals surface area contributed by atoms with E-state index in [-0.39, 0.29) is 5.78 Å². The van der Waals surface area contributed by atoms with Gasteiger partial charge in [0.25, 0.3) is 0 Å². The van der Waals surface area contributed by atoms with Crippen molar-refractivity contribution in [1.29, 1.82) is 0 Å². The molecule has 1 aromatic heterocycles. The number of ketones is 1. The Kier molecular flexibility index (Phi) is 8.85. The monoisotopic (exact) mass is 319 g/mol. The van der Waals surface area contributed by atoms with Crippen molar-refractivity contribution in [3.05, 3.63) is 23.5 Å². The summed E-state index contributed by atoms with van der Waals surface area (Å²) in [6.07, 6.45) is 5.97. The highest BCUT2D eigenvalue weighted by Gasteiger charge is 2.18. The lowest BCUT2D eigenvalue weighted by Gasteiger charge is -2.35. The van der Waals surface area contributed by atoms with Gasteiger partial charge in [-0.1, -0.05) is 20.3 Å². The van der Waals surface area contributed by atoms with Gasteiger partial charge in [0, 0.05) is 49.7 Å². The first-order chi connectivity index (χ1) is 11.0. The van der Waals surface area contributed by atoms with E-state index in [9.17, 15) is 4.79 Å². The molecule has 2 rings (SSSR count). The molecule has 0 saturated carbocycles. The zero-order valence-electron chi connectivity index (χ0n) is 15.5. The fourth-order valence-electron chi connectivity index (χ4n) is 2.94. The van der Waals surface area contributed by atoms with E-state index < -0.39 is 0 Å². The van der Waals surface area contributed by atoms with Crippen molar-refractivity contribution < 1.29 is 4.79 Å². The molecule has 130 valence electrons. The van der Waals surface area contributed by atoms with Crippen LogP contribution in [0.5, 0.6) is 0 Å². The third-order valence-corrected chi connectivity index (χ3v) is 4.06. The standard InChI is InChI=1S/C14H23N3.C5H10O/c1-4-5-13-12(3)16-7-6-14(13)17-9-8-15-11(2)10-17;1-3-4-5(2)6/h6-7,11,15H,4-5,8-10H2,1-3H3;3-4H2,1-2H3. The molecular formula is C19H33N3O. The zero-order chi connectivity index (χ0) is 17.2. The highest BCUT2D eigenvalue weighted by atomic mass is 16.1. The Balaban J connectivity index is 0.000000379. The van der Waals surface area contributed by atoms with Crippen LogP contribution in [0, 0.1) is 6.92 Å². The van der Waals surface area contributed by atoms with Crippen LogP contribution in [0.1, 0.15) is 58.2 Å². The Hall–Kier alpha value is -1.42. The van der Waals surface area contributed by atoms with Gasteiger partial charge in [-0.15, -0.1) is 0 Å². The number of hydrogen-bond acceptors (Lipinski definition) is 4. The largest absolute Gasteiger partial charge is 0.368 e. The highest BCUT2D eigenvalue weighted by Crippen LogP contribution is 2.24. The van der Waals surface area contributed by atoms with Crippen molar-refractivity contribution in [3.63, 3.8) is 0 Å². The first-order valence-electron chi connectivity index (χ1n) is 8.91. The molecule has 0 spiro atoms. The van der Waals surface area contributed by atoms with Gasteiger partial charge in [-0.05, 0) is 45.2 Å². The lowest BCUT2D eigenvalue weighted by atomic mass is 10.0. The minimum absolute atomic E-state index is 0.289. The summed E-state index contributed by atoms with van der Waals surface area (Å²) >= 11 is 0. The maximum atomic E-state index is 10.0. The molecule has 1 unspecified atom stereocenters. The molecule has 0 bridgehead atoms. The van der Waals surface area contributed by atoms with Crippen LogP contribution in [0.3, 0.4) is 0 Å². The summed E-state index contributed by atoms with van der Waals surface area (Å²) in [7, 11) is 0. The number of nitrogens with zero attached hydrogens (tertiary/aromatic N) is 2. The van der Waals surface area contributed by atoms with E-state index in [2.05, 4.69) is 42.0 Å². The van der Waals surface area contributed by atoms with Crippen LogP contribution >= 0.6 is 0 Å². The van der Waals surface area contributed by atoms with E-state index in [1.54, 1.807) is 6.92 Å². The smallest absolute Gasteiger partial charge is 0.129 e. The predicted octanol–water partition coefficient (Wildman–Crippen LogP) is 3.52. The molecule has 0 radical (unpaired) electrons. The van der Waals surface area contributed by atoms with Crippen molar-refractivity contribution in [2.75, 3.05) is 24.5 Å². The summed E-state index contributed by atoms with van der Waals surface area (Å²) < 4.78 is 0. The van der Waals surface area contributed by atoms with Gasteiger partial charge in [-0.2, -0.15) is 0 Å². The van der Waals surface area contributed by atoms with Gasteiger partial charge in [-0.25, -0.2) is 0 Å². The first kappa shape index (κ1) is 19.6. The van der Waals surface area contributed by atoms with Crippen LogP contribution in [-0.4, -0.2) is 36.4 Å². The average Bonchev–Trinajstić information content (AvgIpc) is 2.50. The zero-order valence-corrected chi connectivity index (χ0v) is 15.5. The molecule has 1 aliphatic rings. The second-order valence-electron chi connectivity index (χ2n) is 6.40. The molecule has 2 heterocycles. The van der Waals surface area contributed by atoms with E-state index in [1.165, 1.54) is 23.4 Å². The maximum absolute atomic E-state index is 10.0. The molecule has 4 heteroatoms. The van der Waals surface area contributed by atoms with E-state index in [1.807, 2.05) is 13.1 Å². The van der Waals surface area contributed by atoms with Crippen LogP contribution in [0.25, 0.3) is 0 Å². The molecule has 0 aliphatic carbocycles. The summed E-state index contributed by atoms with van der Waals surface area (Å²) in [4.78, 5) is 17.0. The van der Waals surface area contributed by atoms with Crippen molar-refractivity contribution >= 4 is 11.5 Å². The molecule has 0 aromatic carbocycles. The lowest BCUT2D eigenvalue weighted by Crippen LogP contribution is -2.49. The Labute approximate surface area is 141 Å². The van der Waals surface area contributed by atoms with Crippen LogP contribution in [0.15, 0.2) is 12.3 Å². The number of anilines is 1. The quantitative estimate of drug-likeness (QED) is 0.902. The van der Waals surface area contributed by atoms with Crippen molar-refractivity contribution in [1.82, 2.24) is 10.3 Å². The molecule has 1 saturated heterocycles. The topological polar surface area (TPSA) is 45.2 Å². The van der Waals surface area contributed by atoms with Crippen molar-refractivity contribution in [2.45, 2.75) is 66.3 Å². The van der Waals surface area contributed by atoms with Crippen LogP contribution in [0.4, 0.5) is 5.69 Å². The molecule has 1 N–H and O–H groups in total. The molecule has 0 amide bonds. The number of Topliss-reactive ketones (excluding diaryl/α,β-unsaturated/α-hetero) is 1. The Morgan fingerprint density at radius 3 is 2.65 bits per heavy atom. The average molecular weight is 319 g/mol. The van der Waals surface area contributed by atoms with E-state index >= 15 is 0 Å². The van der Waals surface area contributed by atoms with Gasteiger partial charge in [0.05, 0.1) is 0 Å². The number of rotatable bonds is 5. The minimum atomic E-state index is 0.289. The third kappa shape index (κ3) is 6.69. The second kappa shape index (κ2) is 10.4. The van der Waals surface area contributed by atoms with Crippen LogP contribution in [0.2, 0.25) is 0 Å². The summed E-state index contributed by atoms with van der Waals surface area (Å²) in [5.74, 6) is 0.289. The maximum Gasteiger partial charge on any atom is 0.129 e. The number of carbonyl (C=O) groups is 1. The van der Waals surface area contributed by atoms with Gasteiger partial charge in [0.15, 0.2) is 0 Å². The molecule has 1 fully saturated rings. The number of pyridine rings is 1.